The molecule has 0 atom stereocenters. The molecule has 0 saturated carbocycles. The van der Waals surface area contributed by atoms with E-state index >= 15 is 0 Å². The SMILES string of the molecule is CCC/C=C/CN(c1cccc(C=O)c1)S(=O)(=O)c1ccc(C)cc1. The molecule has 0 aliphatic heterocycles. The lowest BCUT2D eigenvalue weighted by molar-refractivity contribution is 0.112. The first-order chi connectivity index (χ1) is 12.0. The molecule has 0 spiro atoms. The molecular formula is C20H23NO3S. The third-order valence-corrected chi connectivity index (χ3v) is 5.60. The molecule has 25 heavy (non-hydrogen) atoms. The predicted octanol–water partition coefficient (Wildman–Crippen LogP) is 4.36. The summed E-state index contributed by atoms with van der Waals surface area (Å²) in [6.07, 6.45) is 6.44. The molecule has 0 radical (unpaired) electrons. The van der Waals surface area contributed by atoms with Gasteiger partial charge in [0.15, 0.2) is 0 Å². The van der Waals surface area contributed by atoms with Gasteiger partial charge in [0.1, 0.15) is 6.29 Å². The van der Waals surface area contributed by atoms with Crippen LogP contribution in [0, 0.1) is 6.92 Å². The lowest BCUT2D eigenvalue weighted by Crippen LogP contribution is -2.31. The second-order valence-corrected chi connectivity index (χ2v) is 7.68. The van der Waals surface area contributed by atoms with Gasteiger partial charge in [-0.25, -0.2) is 8.42 Å². The van der Waals surface area contributed by atoms with E-state index in [2.05, 4.69) is 6.92 Å². The monoisotopic (exact) mass is 357 g/mol. The average Bonchev–Trinajstić information content (AvgIpc) is 2.62. The van der Waals surface area contributed by atoms with Gasteiger partial charge in [0, 0.05) is 5.56 Å². The Balaban J connectivity index is 2.45. The minimum Gasteiger partial charge on any atom is -0.298 e. The van der Waals surface area contributed by atoms with Crippen LogP contribution < -0.4 is 4.31 Å². The molecular weight excluding hydrogens is 334 g/mol. The smallest absolute Gasteiger partial charge is 0.264 e. The molecule has 0 saturated heterocycles. The first-order valence-corrected chi connectivity index (χ1v) is 9.72. The van der Waals surface area contributed by atoms with E-state index in [9.17, 15) is 13.2 Å². The molecule has 0 unspecified atom stereocenters. The van der Waals surface area contributed by atoms with Crippen molar-refractivity contribution in [2.45, 2.75) is 31.6 Å². The van der Waals surface area contributed by atoms with Crippen molar-refractivity contribution in [3.8, 4) is 0 Å². The van der Waals surface area contributed by atoms with Crippen LogP contribution in [0.3, 0.4) is 0 Å². The number of carbonyl (C=O) groups excluding carboxylic acids is 1. The maximum absolute atomic E-state index is 13.1. The molecule has 2 aromatic rings. The fourth-order valence-corrected chi connectivity index (χ4v) is 3.80. The molecule has 0 heterocycles. The second kappa shape index (κ2) is 8.62. The van der Waals surface area contributed by atoms with E-state index in [1.165, 1.54) is 4.31 Å². The number of carbonyl (C=O) groups is 1. The van der Waals surface area contributed by atoms with E-state index in [0.717, 1.165) is 18.4 Å². The molecule has 4 nitrogen and oxygen atoms in total. The third-order valence-electron chi connectivity index (χ3n) is 3.80. The van der Waals surface area contributed by atoms with E-state index in [-0.39, 0.29) is 11.4 Å². The van der Waals surface area contributed by atoms with Crippen LogP contribution in [-0.4, -0.2) is 21.2 Å². The summed E-state index contributed by atoms with van der Waals surface area (Å²) in [5.41, 5.74) is 1.92. The van der Waals surface area contributed by atoms with Gasteiger partial charge in [-0.2, -0.15) is 0 Å². The Hall–Kier alpha value is -2.40. The van der Waals surface area contributed by atoms with Crippen molar-refractivity contribution in [3.05, 3.63) is 71.8 Å². The summed E-state index contributed by atoms with van der Waals surface area (Å²) in [4.78, 5) is 11.3. The zero-order valence-electron chi connectivity index (χ0n) is 14.6. The van der Waals surface area contributed by atoms with Crippen molar-refractivity contribution in [3.63, 3.8) is 0 Å². The Labute approximate surface area is 149 Å². The largest absolute Gasteiger partial charge is 0.298 e. The third kappa shape index (κ3) is 4.79. The molecule has 0 bridgehead atoms. The molecule has 0 aliphatic carbocycles. The topological polar surface area (TPSA) is 54.5 Å². The fraction of sp³-hybridized carbons (Fsp3) is 0.250. The number of nitrogens with zero attached hydrogens (tertiary/aromatic N) is 1. The second-order valence-electron chi connectivity index (χ2n) is 5.82. The summed E-state index contributed by atoms with van der Waals surface area (Å²) in [5, 5.41) is 0. The number of anilines is 1. The highest BCUT2D eigenvalue weighted by Crippen LogP contribution is 2.24. The standard InChI is InChI=1S/C20H23NO3S/c1-3-4-5-6-14-21(19-9-7-8-18(15-19)16-22)25(23,24)20-12-10-17(2)11-13-20/h5-13,15-16H,3-4,14H2,1-2H3/b6-5+. The van der Waals surface area contributed by atoms with Crippen LogP contribution >= 0.6 is 0 Å². The number of rotatable bonds is 8. The lowest BCUT2D eigenvalue weighted by Gasteiger charge is -2.23. The van der Waals surface area contributed by atoms with E-state index in [1.54, 1.807) is 48.5 Å². The van der Waals surface area contributed by atoms with Gasteiger partial charge in [-0.1, -0.05) is 55.3 Å². The Kier molecular flexibility index (Phi) is 6.53. The molecule has 0 aliphatic rings. The molecule has 2 rings (SSSR count). The van der Waals surface area contributed by atoms with Crippen LogP contribution in [0.15, 0.2) is 65.6 Å². The van der Waals surface area contributed by atoms with Crippen molar-refractivity contribution >= 4 is 22.0 Å². The predicted molar refractivity (Wildman–Crippen MR) is 102 cm³/mol. The molecule has 5 heteroatoms. The fourth-order valence-electron chi connectivity index (χ4n) is 2.39. The van der Waals surface area contributed by atoms with Gasteiger partial charge in [0.05, 0.1) is 17.1 Å². The quantitative estimate of drug-likeness (QED) is 0.521. The van der Waals surface area contributed by atoms with Crippen molar-refractivity contribution < 1.29 is 13.2 Å². The molecule has 0 fully saturated rings. The summed E-state index contributed by atoms with van der Waals surface area (Å²) in [6.45, 7) is 4.20. The summed E-state index contributed by atoms with van der Waals surface area (Å²) in [5.74, 6) is 0. The number of hydrogen-bond donors (Lipinski definition) is 0. The van der Waals surface area contributed by atoms with Gasteiger partial charge in [-0.15, -0.1) is 0 Å². The normalized spacial score (nSPS) is 11.6. The average molecular weight is 357 g/mol. The Morgan fingerprint density at radius 2 is 1.76 bits per heavy atom. The molecule has 0 aromatic heterocycles. The lowest BCUT2D eigenvalue weighted by atomic mass is 10.2. The van der Waals surface area contributed by atoms with Crippen LogP contribution in [0.25, 0.3) is 0 Å². The number of aryl methyl sites for hydroxylation is 1. The first-order valence-electron chi connectivity index (χ1n) is 8.28. The van der Waals surface area contributed by atoms with Crippen molar-refractivity contribution in [2.75, 3.05) is 10.8 Å². The Morgan fingerprint density at radius 3 is 2.40 bits per heavy atom. The van der Waals surface area contributed by atoms with Crippen LogP contribution in [0.4, 0.5) is 5.69 Å². The summed E-state index contributed by atoms with van der Waals surface area (Å²) in [6, 6.07) is 13.4. The summed E-state index contributed by atoms with van der Waals surface area (Å²) < 4.78 is 27.6. The molecule has 132 valence electrons. The van der Waals surface area contributed by atoms with E-state index in [0.29, 0.717) is 17.5 Å². The summed E-state index contributed by atoms with van der Waals surface area (Å²) >= 11 is 0. The zero-order chi connectivity index (χ0) is 18.3. The highest BCUT2D eigenvalue weighted by atomic mass is 32.2. The van der Waals surface area contributed by atoms with E-state index < -0.39 is 10.0 Å². The first kappa shape index (κ1) is 18.9. The van der Waals surface area contributed by atoms with Crippen molar-refractivity contribution in [1.29, 1.82) is 0 Å². The highest BCUT2D eigenvalue weighted by Gasteiger charge is 2.24. The van der Waals surface area contributed by atoms with Crippen molar-refractivity contribution in [1.82, 2.24) is 0 Å². The van der Waals surface area contributed by atoms with Gasteiger partial charge in [0.2, 0.25) is 0 Å². The molecule has 0 N–H and O–H groups in total. The number of aldehydes is 1. The van der Waals surface area contributed by atoms with Gasteiger partial charge >= 0.3 is 0 Å². The molecule has 0 amide bonds. The van der Waals surface area contributed by atoms with Crippen molar-refractivity contribution in [2.24, 2.45) is 0 Å². The number of hydrogen-bond acceptors (Lipinski definition) is 3. The van der Waals surface area contributed by atoms with Crippen LogP contribution in [-0.2, 0) is 10.0 Å². The number of benzene rings is 2. The van der Waals surface area contributed by atoms with Gasteiger partial charge in [0.25, 0.3) is 10.0 Å². The van der Waals surface area contributed by atoms with Gasteiger partial charge < -0.3 is 0 Å². The van der Waals surface area contributed by atoms with Crippen LogP contribution in [0.1, 0.15) is 35.7 Å². The Bertz CT molecular complexity index is 839. The Morgan fingerprint density at radius 1 is 1.04 bits per heavy atom. The van der Waals surface area contributed by atoms with E-state index in [1.807, 2.05) is 19.1 Å². The van der Waals surface area contributed by atoms with Crippen LogP contribution in [0.2, 0.25) is 0 Å². The van der Waals surface area contributed by atoms with Gasteiger partial charge in [-0.3, -0.25) is 9.10 Å². The maximum atomic E-state index is 13.1. The van der Waals surface area contributed by atoms with Crippen LogP contribution in [0.5, 0.6) is 0 Å². The van der Waals surface area contributed by atoms with Gasteiger partial charge in [-0.05, 0) is 37.6 Å². The molecule has 2 aromatic carbocycles. The number of sulfonamides is 1. The maximum Gasteiger partial charge on any atom is 0.264 e. The minimum atomic E-state index is -3.72. The minimum absolute atomic E-state index is 0.221. The number of unbranched alkanes of at least 4 members (excludes halogenated alkanes) is 1. The summed E-state index contributed by atoms with van der Waals surface area (Å²) in [7, 11) is -3.72. The number of allylic oxidation sites excluding steroid dienone is 1. The highest BCUT2D eigenvalue weighted by molar-refractivity contribution is 7.92. The zero-order valence-corrected chi connectivity index (χ0v) is 15.4. The van der Waals surface area contributed by atoms with E-state index in [4.69, 9.17) is 0 Å².